The van der Waals surface area contributed by atoms with Crippen LogP contribution in [0.1, 0.15) is 6.42 Å². The zero-order valence-electron chi connectivity index (χ0n) is 10.3. The summed E-state index contributed by atoms with van der Waals surface area (Å²) in [5.41, 5.74) is 1.73. The quantitative estimate of drug-likeness (QED) is 0.758. The lowest BCUT2D eigenvalue weighted by molar-refractivity contribution is -0.122. The Morgan fingerprint density at radius 2 is 2.25 bits per heavy atom. The number of benzene rings is 1. The highest BCUT2D eigenvalue weighted by Crippen LogP contribution is 2.23. The van der Waals surface area contributed by atoms with E-state index in [0.29, 0.717) is 10.0 Å². The van der Waals surface area contributed by atoms with Crippen LogP contribution in [0.4, 0.5) is 5.69 Å². The van der Waals surface area contributed by atoms with Gasteiger partial charge in [0.1, 0.15) is 4.32 Å². The van der Waals surface area contributed by atoms with E-state index in [2.05, 4.69) is 15.6 Å². The Bertz CT molecular complexity index is 710. The Morgan fingerprint density at radius 3 is 3.00 bits per heavy atom. The molecule has 2 heterocycles. The van der Waals surface area contributed by atoms with Crippen LogP contribution in [0.5, 0.6) is 0 Å². The van der Waals surface area contributed by atoms with E-state index < -0.39 is 5.25 Å². The lowest BCUT2D eigenvalue weighted by Gasteiger charge is -2.07. The molecule has 7 heteroatoms. The molecule has 0 spiro atoms. The normalized spacial score (nSPS) is 18.3. The summed E-state index contributed by atoms with van der Waals surface area (Å²) in [7, 11) is 0. The van der Waals surface area contributed by atoms with Crippen LogP contribution in [0.15, 0.2) is 30.5 Å². The topological polar surface area (TPSA) is 74.0 Å². The summed E-state index contributed by atoms with van der Waals surface area (Å²) in [6, 6.07) is 7.54. The second-order valence-electron chi connectivity index (χ2n) is 4.42. The molecule has 1 atom stereocenters. The van der Waals surface area contributed by atoms with Gasteiger partial charge >= 0.3 is 0 Å². The van der Waals surface area contributed by atoms with E-state index in [1.807, 2.05) is 30.5 Å². The van der Waals surface area contributed by atoms with Gasteiger partial charge in [-0.05, 0) is 24.3 Å². The molecule has 3 rings (SSSR count). The zero-order chi connectivity index (χ0) is 14.1. The number of carbonyl (C=O) groups excluding carboxylic acids is 2. The first-order valence-corrected chi connectivity index (χ1v) is 7.29. The van der Waals surface area contributed by atoms with Gasteiger partial charge in [0.05, 0.1) is 5.25 Å². The molecular weight excluding hydrogens is 294 g/mol. The third-order valence-electron chi connectivity index (χ3n) is 2.97. The molecule has 1 saturated heterocycles. The van der Waals surface area contributed by atoms with Gasteiger partial charge in [-0.1, -0.05) is 24.0 Å². The van der Waals surface area contributed by atoms with Crippen molar-refractivity contribution in [2.45, 2.75) is 11.7 Å². The predicted octanol–water partition coefficient (Wildman–Crippen LogP) is 2.01. The van der Waals surface area contributed by atoms with Gasteiger partial charge in [0.25, 0.3) is 0 Å². The van der Waals surface area contributed by atoms with Crippen LogP contribution >= 0.6 is 24.0 Å². The third-order valence-corrected chi connectivity index (χ3v) is 4.35. The van der Waals surface area contributed by atoms with Gasteiger partial charge in [0, 0.05) is 29.2 Å². The van der Waals surface area contributed by atoms with Gasteiger partial charge in [0.2, 0.25) is 11.8 Å². The van der Waals surface area contributed by atoms with Gasteiger partial charge in [-0.25, -0.2) is 0 Å². The lowest BCUT2D eigenvalue weighted by atomic mass is 10.2. The SMILES string of the molecule is O=C(CC1SC(=S)NC1=O)Nc1ccc2[nH]ccc2c1. The number of H-pyrrole nitrogens is 1. The maximum Gasteiger partial charge on any atom is 0.239 e. The van der Waals surface area contributed by atoms with E-state index in [-0.39, 0.29) is 18.2 Å². The number of amides is 2. The van der Waals surface area contributed by atoms with E-state index in [0.717, 1.165) is 10.9 Å². The molecule has 1 aromatic carbocycles. The van der Waals surface area contributed by atoms with Crippen LogP contribution < -0.4 is 10.6 Å². The van der Waals surface area contributed by atoms with E-state index in [4.69, 9.17) is 12.2 Å². The fourth-order valence-corrected chi connectivity index (χ4v) is 3.31. The molecule has 0 aliphatic carbocycles. The summed E-state index contributed by atoms with van der Waals surface area (Å²) in [6.07, 6.45) is 1.96. The van der Waals surface area contributed by atoms with E-state index in [9.17, 15) is 9.59 Å². The number of thioether (sulfide) groups is 1. The molecule has 102 valence electrons. The highest BCUT2D eigenvalue weighted by molar-refractivity contribution is 8.24. The van der Waals surface area contributed by atoms with Crippen molar-refractivity contribution in [1.82, 2.24) is 10.3 Å². The molecule has 2 aromatic rings. The number of thiocarbonyl (C=S) groups is 1. The number of rotatable bonds is 3. The van der Waals surface area contributed by atoms with Crippen molar-refractivity contribution in [2.75, 3.05) is 5.32 Å². The van der Waals surface area contributed by atoms with Crippen LogP contribution in [0.25, 0.3) is 10.9 Å². The average Bonchev–Trinajstić information content (AvgIpc) is 2.96. The smallest absolute Gasteiger partial charge is 0.239 e. The van der Waals surface area contributed by atoms with Crippen molar-refractivity contribution in [3.05, 3.63) is 30.5 Å². The molecule has 0 saturated carbocycles. The second kappa shape index (κ2) is 5.26. The first-order valence-electron chi connectivity index (χ1n) is 6.00. The standard InChI is InChI=1S/C13H11N3O2S2/c17-11(6-10-12(18)16-13(19)20-10)15-8-1-2-9-7(5-8)3-4-14-9/h1-5,10,14H,6H2,(H,15,17)(H,16,18,19). The number of nitrogens with one attached hydrogen (secondary N) is 3. The molecule has 1 aromatic heterocycles. The van der Waals surface area contributed by atoms with Crippen molar-refractivity contribution in [3.8, 4) is 0 Å². The number of aromatic nitrogens is 1. The zero-order valence-corrected chi connectivity index (χ0v) is 11.9. The molecule has 1 fully saturated rings. The fourth-order valence-electron chi connectivity index (χ4n) is 2.04. The van der Waals surface area contributed by atoms with Crippen LogP contribution in [0, 0.1) is 0 Å². The minimum Gasteiger partial charge on any atom is -0.361 e. The fraction of sp³-hybridized carbons (Fsp3) is 0.154. The van der Waals surface area contributed by atoms with Crippen molar-refractivity contribution in [3.63, 3.8) is 0 Å². The lowest BCUT2D eigenvalue weighted by Crippen LogP contribution is -2.27. The summed E-state index contributed by atoms with van der Waals surface area (Å²) in [5, 5.41) is 5.92. The minimum atomic E-state index is -0.432. The van der Waals surface area contributed by atoms with Crippen molar-refractivity contribution in [1.29, 1.82) is 0 Å². The first kappa shape index (κ1) is 13.1. The van der Waals surface area contributed by atoms with Gasteiger partial charge in [-0.3, -0.25) is 9.59 Å². The summed E-state index contributed by atoms with van der Waals surface area (Å²) in [6.45, 7) is 0. The number of anilines is 1. The van der Waals surface area contributed by atoms with E-state index in [1.165, 1.54) is 11.8 Å². The molecule has 0 bridgehead atoms. The third kappa shape index (κ3) is 2.68. The first-order chi connectivity index (χ1) is 9.61. The molecule has 1 aliphatic rings. The van der Waals surface area contributed by atoms with E-state index >= 15 is 0 Å². The summed E-state index contributed by atoms with van der Waals surface area (Å²) in [5.74, 6) is -0.395. The molecule has 2 amide bonds. The van der Waals surface area contributed by atoms with Crippen LogP contribution in [0.3, 0.4) is 0 Å². The maximum absolute atomic E-state index is 11.9. The number of aromatic amines is 1. The minimum absolute atomic E-state index is 0.113. The molecular formula is C13H11N3O2S2. The highest BCUT2D eigenvalue weighted by atomic mass is 32.2. The molecule has 3 N–H and O–H groups in total. The molecule has 1 aliphatic heterocycles. The number of hydrogen-bond acceptors (Lipinski definition) is 4. The Balaban J connectivity index is 1.66. The molecule has 20 heavy (non-hydrogen) atoms. The summed E-state index contributed by atoms with van der Waals surface area (Å²) in [4.78, 5) is 26.5. The number of fused-ring (bicyclic) bond motifs is 1. The largest absolute Gasteiger partial charge is 0.361 e. The second-order valence-corrected chi connectivity index (χ2v) is 6.29. The van der Waals surface area contributed by atoms with Gasteiger partial charge in [0.15, 0.2) is 0 Å². The van der Waals surface area contributed by atoms with Gasteiger partial charge in [-0.2, -0.15) is 0 Å². The van der Waals surface area contributed by atoms with Gasteiger partial charge in [-0.15, -0.1) is 0 Å². The number of hydrogen-bond donors (Lipinski definition) is 3. The van der Waals surface area contributed by atoms with Crippen molar-refractivity contribution < 1.29 is 9.59 Å². The Hall–Kier alpha value is -1.86. The average molecular weight is 305 g/mol. The molecule has 1 unspecified atom stereocenters. The summed E-state index contributed by atoms with van der Waals surface area (Å²) < 4.78 is 0.432. The highest BCUT2D eigenvalue weighted by Gasteiger charge is 2.30. The van der Waals surface area contributed by atoms with Crippen molar-refractivity contribution >= 4 is 56.7 Å². The molecule has 0 radical (unpaired) electrons. The Labute approximate surface area is 124 Å². The summed E-state index contributed by atoms with van der Waals surface area (Å²) >= 11 is 6.12. The van der Waals surface area contributed by atoms with E-state index in [1.54, 1.807) is 0 Å². The van der Waals surface area contributed by atoms with Crippen LogP contribution in [0.2, 0.25) is 0 Å². The van der Waals surface area contributed by atoms with Crippen molar-refractivity contribution in [2.24, 2.45) is 0 Å². The maximum atomic E-state index is 11.9. The predicted molar refractivity (Wildman–Crippen MR) is 83.7 cm³/mol. The molecule has 5 nitrogen and oxygen atoms in total. The van der Waals surface area contributed by atoms with Crippen LogP contribution in [-0.4, -0.2) is 26.4 Å². The number of carbonyl (C=O) groups is 2. The monoisotopic (exact) mass is 305 g/mol. The Kier molecular flexibility index (Phi) is 3.45. The Morgan fingerprint density at radius 1 is 1.40 bits per heavy atom. The van der Waals surface area contributed by atoms with Gasteiger partial charge < -0.3 is 15.6 Å². The van der Waals surface area contributed by atoms with Crippen LogP contribution in [-0.2, 0) is 9.59 Å².